The Morgan fingerprint density at radius 1 is 1.12 bits per heavy atom. The molecule has 1 saturated heterocycles. The molecule has 0 aromatic heterocycles. The highest BCUT2D eigenvalue weighted by Gasteiger charge is 2.47. The summed E-state index contributed by atoms with van der Waals surface area (Å²) in [6, 6.07) is 10.0. The van der Waals surface area contributed by atoms with E-state index >= 15 is 0 Å². The number of non-ortho nitro benzene ring substituents is 1. The number of amides is 3. The first kappa shape index (κ1) is 23.6. The zero-order chi connectivity index (χ0) is 24.5. The molecule has 1 heterocycles. The van der Waals surface area contributed by atoms with Gasteiger partial charge in [-0.1, -0.05) is 6.07 Å². The van der Waals surface area contributed by atoms with Crippen LogP contribution in [0.1, 0.15) is 44.5 Å². The largest absolute Gasteiger partial charge is 0.427 e. The molecule has 33 heavy (non-hydrogen) atoms. The Kier molecular flexibility index (Phi) is 6.30. The highest BCUT2D eigenvalue weighted by molar-refractivity contribution is 6.23. The number of ether oxygens (including phenoxy) is 1. The Labute approximate surface area is 189 Å². The molecule has 1 unspecified atom stereocenters. The zero-order valence-electron chi connectivity index (χ0n) is 18.6. The molecular formula is C23H23N3O7. The lowest BCUT2D eigenvalue weighted by molar-refractivity contribution is -0.384. The molecule has 0 bridgehead atoms. The van der Waals surface area contributed by atoms with Crippen molar-refractivity contribution < 1.29 is 28.8 Å². The lowest BCUT2D eigenvalue weighted by atomic mass is 9.99. The Hall–Kier alpha value is -4.08. The maximum absolute atomic E-state index is 13.4. The molecule has 172 valence electrons. The first-order valence-corrected chi connectivity index (χ1v) is 10.1. The first-order valence-electron chi connectivity index (χ1n) is 10.1. The van der Waals surface area contributed by atoms with Crippen LogP contribution in [0.3, 0.4) is 0 Å². The van der Waals surface area contributed by atoms with Crippen molar-refractivity contribution in [2.75, 3.05) is 4.90 Å². The molecule has 2 aromatic carbocycles. The molecule has 0 aliphatic carbocycles. The minimum absolute atomic E-state index is 0.0450. The van der Waals surface area contributed by atoms with Gasteiger partial charge in [0.2, 0.25) is 5.91 Å². The van der Waals surface area contributed by atoms with Crippen molar-refractivity contribution in [3.05, 3.63) is 64.2 Å². The molecule has 0 saturated carbocycles. The van der Waals surface area contributed by atoms with Gasteiger partial charge in [-0.05, 0) is 51.1 Å². The Morgan fingerprint density at radius 3 is 2.30 bits per heavy atom. The van der Waals surface area contributed by atoms with Crippen molar-refractivity contribution in [2.45, 2.75) is 45.7 Å². The summed E-state index contributed by atoms with van der Waals surface area (Å²) in [5, 5.41) is 11.1. The molecule has 1 fully saturated rings. The second kappa shape index (κ2) is 8.81. The first-order chi connectivity index (χ1) is 15.4. The number of rotatable bonds is 5. The minimum atomic E-state index is -1.09. The molecule has 1 atom stereocenters. The number of hydrogen-bond acceptors (Lipinski definition) is 7. The van der Waals surface area contributed by atoms with Gasteiger partial charge in [-0.25, -0.2) is 4.90 Å². The highest BCUT2D eigenvalue weighted by atomic mass is 16.6. The van der Waals surface area contributed by atoms with Crippen molar-refractivity contribution in [2.24, 2.45) is 0 Å². The van der Waals surface area contributed by atoms with Crippen molar-refractivity contribution in [3.8, 4) is 5.75 Å². The van der Waals surface area contributed by atoms with Crippen LogP contribution in [0, 0.1) is 10.1 Å². The van der Waals surface area contributed by atoms with E-state index in [2.05, 4.69) is 0 Å². The fraction of sp³-hybridized carbons (Fsp3) is 0.304. The molecule has 1 aliphatic heterocycles. The summed E-state index contributed by atoms with van der Waals surface area (Å²) in [6.07, 6.45) is -0.234. The van der Waals surface area contributed by atoms with Crippen LogP contribution < -0.4 is 9.64 Å². The predicted octanol–water partition coefficient (Wildman–Crippen LogP) is 3.09. The smallest absolute Gasteiger partial charge is 0.308 e. The number of esters is 1. The summed E-state index contributed by atoms with van der Waals surface area (Å²) in [7, 11) is 0. The van der Waals surface area contributed by atoms with Gasteiger partial charge in [0.25, 0.3) is 17.5 Å². The zero-order valence-corrected chi connectivity index (χ0v) is 18.6. The van der Waals surface area contributed by atoms with Gasteiger partial charge >= 0.3 is 5.97 Å². The average Bonchev–Trinajstić information content (AvgIpc) is 3.01. The topological polar surface area (TPSA) is 127 Å². The van der Waals surface area contributed by atoms with Crippen LogP contribution in [-0.2, 0) is 14.4 Å². The number of hydrogen-bond donors (Lipinski definition) is 0. The van der Waals surface area contributed by atoms with Gasteiger partial charge in [-0.2, -0.15) is 0 Å². The summed E-state index contributed by atoms with van der Waals surface area (Å²) in [5.41, 5.74) is -0.793. The molecule has 3 amide bonds. The molecule has 0 N–H and O–H groups in total. The van der Waals surface area contributed by atoms with Gasteiger partial charge in [-0.15, -0.1) is 0 Å². The number of nitrogens with zero attached hydrogens (tertiary/aromatic N) is 3. The van der Waals surface area contributed by atoms with Crippen molar-refractivity contribution >= 4 is 35.1 Å². The van der Waals surface area contributed by atoms with Gasteiger partial charge < -0.3 is 9.64 Å². The van der Waals surface area contributed by atoms with Crippen LogP contribution in [0.5, 0.6) is 5.75 Å². The fourth-order valence-electron chi connectivity index (χ4n) is 3.72. The SMILES string of the molecule is CC(=O)Oc1ccc(N2C(=O)CC(N(C(=O)c3cccc([N+](=O)[O-])c3)C(C)(C)C)C2=O)cc1. The van der Waals surface area contributed by atoms with E-state index in [1.54, 1.807) is 20.8 Å². The minimum Gasteiger partial charge on any atom is -0.427 e. The van der Waals surface area contributed by atoms with Gasteiger partial charge in [0.15, 0.2) is 0 Å². The third-order valence-corrected chi connectivity index (χ3v) is 5.04. The molecular weight excluding hydrogens is 430 g/mol. The summed E-state index contributed by atoms with van der Waals surface area (Å²) in [6.45, 7) is 6.41. The van der Waals surface area contributed by atoms with E-state index in [4.69, 9.17) is 4.74 Å². The van der Waals surface area contributed by atoms with Gasteiger partial charge in [0, 0.05) is 30.2 Å². The van der Waals surface area contributed by atoms with E-state index in [9.17, 15) is 29.3 Å². The Balaban J connectivity index is 1.93. The van der Waals surface area contributed by atoms with E-state index in [1.807, 2.05) is 0 Å². The molecule has 2 aromatic rings. The molecule has 3 rings (SSSR count). The van der Waals surface area contributed by atoms with Crippen LogP contribution >= 0.6 is 0 Å². The summed E-state index contributed by atoms with van der Waals surface area (Å²) < 4.78 is 4.97. The summed E-state index contributed by atoms with van der Waals surface area (Å²) >= 11 is 0. The summed E-state index contributed by atoms with van der Waals surface area (Å²) in [4.78, 5) is 63.3. The molecule has 0 radical (unpaired) electrons. The fourth-order valence-corrected chi connectivity index (χ4v) is 3.72. The lowest BCUT2D eigenvalue weighted by Gasteiger charge is -2.39. The number of imide groups is 1. The quantitative estimate of drug-likeness (QED) is 0.224. The Bertz CT molecular complexity index is 1140. The van der Waals surface area contributed by atoms with Crippen LogP contribution in [0.4, 0.5) is 11.4 Å². The van der Waals surface area contributed by atoms with E-state index in [-0.39, 0.29) is 29.1 Å². The second-order valence-corrected chi connectivity index (χ2v) is 8.53. The normalized spacial score (nSPS) is 16.0. The predicted molar refractivity (Wildman–Crippen MR) is 118 cm³/mol. The number of nitro groups is 1. The number of benzene rings is 2. The lowest BCUT2D eigenvalue weighted by Crippen LogP contribution is -2.54. The van der Waals surface area contributed by atoms with E-state index < -0.39 is 40.2 Å². The van der Waals surface area contributed by atoms with Crippen molar-refractivity contribution in [3.63, 3.8) is 0 Å². The third-order valence-electron chi connectivity index (χ3n) is 5.04. The van der Waals surface area contributed by atoms with Crippen LogP contribution in [-0.4, -0.2) is 45.1 Å². The van der Waals surface area contributed by atoms with Crippen molar-refractivity contribution in [1.82, 2.24) is 4.90 Å². The molecule has 10 heteroatoms. The van der Waals surface area contributed by atoms with Gasteiger partial charge in [0.05, 0.1) is 17.0 Å². The van der Waals surface area contributed by atoms with Crippen LogP contribution in [0.25, 0.3) is 0 Å². The van der Waals surface area contributed by atoms with Crippen molar-refractivity contribution in [1.29, 1.82) is 0 Å². The van der Waals surface area contributed by atoms with E-state index in [1.165, 1.54) is 54.3 Å². The number of carbonyl (C=O) groups excluding carboxylic acids is 4. The standard InChI is InChI=1S/C23H23N3O7/c1-14(27)33-18-10-8-16(9-11-18)24-20(28)13-19(22(24)30)25(23(2,3)4)21(29)15-6-5-7-17(12-15)26(31)32/h5-12,19H,13H2,1-4H3. The monoisotopic (exact) mass is 453 g/mol. The number of carbonyl (C=O) groups is 4. The van der Waals surface area contributed by atoms with Gasteiger partial charge in [-0.3, -0.25) is 29.3 Å². The van der Waals surface area contributed by atoms with E-state index in [0.29, 0.717) is 0 Å². The third kappa shape index (κ3) is 4.89. The molecule has 1 aliphatic rings. The molecule has 10 nitrogen and oxygen atoms in total. The maximum Gasteiger partial charge on any atom is 0.308 e. The van der Waals surface area contributed by atoms with Crippen LogP contribution in [0.15, 0.2) is 48.5 Å². The van der Waals surface area contributed by atoms with Crippen LogP contribution in [0.2, 0.25) is 0 Å². The van der Waals surface area contributed by atoms with Gasteiger partial charge in [0.1, 0.15) is 11.8 Å². The van der Waals surface area contributed by atoms with E-state index in [0.717, 1.165) is 11.0 Å². The summed E-state index contributed by atoms with van der Waals surface area (Å²) in [5.74, 6) is -1.92. The average molecular weight is 453 g/mol. The maximum atomic E-state index is 13.4. The number of nitro benzene ring substituents is 1. The molecule has 0 spiro atoms. The Morgan fingerprint density at radius 2 is 1.76 bits per heavy atom. The second-order valence-electron chi connectivity index (χ2n) is 8.53. The highest BCUT2D eigenvalue weighted by Crippen LogP contribution is 2.32. The number of anilines is 1.